The fraction of sp³-hybridized carbons (Fsp3) is 0.190. The summed E-state index contributed by atoms with van der Waals surface area (Å²) >= 11 is 0. The van der Waals surface area contributed by atoms with Gasteiger partial charge in [-0.05, 0) is 24.3 Å². The average molecular weight is 412 g/mol. The molecule has 2 aromatic rings. The number of rotatable bonds is 8. The number of nitrogens with one attached hydrogen (secondary N) is 1. The molecule has 3 amide bonds. The van der Waals surface area contributed by atoms with Crippen LogP contribution in [0.4, 0.5) is 4.79 Å². The molecular weight excluding hydrogens is 392 g/mol. The Bertz CT molecular complexity index is 1020. The first-order valence-electron chi connectivity index (χ1n) is 8.90. The molecule has 30 heavy (non-hydrogen) atoms. The van der Waals surface area contributed by atoms with Crippen LogP contribution in [-0.4, -0.2) is 43.6 Å². The molecule has 2 heterocycles. The van der Waals surface area contributed by atoms with Crippen molar-refractivity contribution >= 4 is 24.0 Å². The van der Waals surface area contributed by atoms with Crippen LogP contribution in [-0.2, 0) is 16.1 Å². The summed E-state index contributed by atoms with van der Waals surface area (Å²) in [5.74, 6) is -0.0581. The molecule has 9 heteroatoms. The number of urea groups is 1. The highest BCUT2D eigenvalue weighted by Crippen LogP contribution is 2.33. The van der Waals surface area contributed by atoms with E-state index in [9.17, 15) is 14.4 Å². The topological polar surface area (TPSA) is 107 Å². The van der Waals surface area contributed by atoms with Crippen LogP contribution in [0.1, 0.15) is 21.9 Å². The molecule has 0 bridgehead atoms. The number of hydrogen-bond acceptors (Lipinski definition) is 7. The number of benzene rings is 1. The lowest BCUT2D eigenvalue weighted by Gasteiger charge is -2.12. The molecule has 0 spiro atoms. The first-order valence-corrected chi connectivity index (χ1v) is 8.90. The van der Waals surface area contributed by atoms with Crippen molar-refractivity contribution in [3.63, 3.8) is 0 Å². The van der Waals surface area contributed by atoms with E-state index in [1.165, 1.54) is 32.4 Å². The van der Waals surface area contributed by atoms with Gasteiger partial charge in [-0.25, -0.2) is 9.59 Å². The summed E-state index contributed by atoms with van der Waals surface area (Å²) in [4.78, 5) is 37.5. The van der Waals surface area contributed by atoms with E-state index in [0.29, 0.717) is 17.1 Å². The van der Waals surface area contributed by atoms with E-state index in [1.807, 2.05) is 0 Å². The zero-order chi connectivity index (χ0) is 21.7. The van der Waals surface area contributed by atoms with Gasteiger partial charge in [-0.1, -0.05) is 24.8 Å². The van der Waals surface area contributed by atoms with E-state index >= 15 is 0 Å². The summed E-state index contributed by atoms with van der Waals surface area (Å²) in [5.41, 5.74) is 0.615. The summed E-state index contributed by atoms with van der Waals surface area (Å²) in [5, 5.41) is 2.53. The molecule has 1 aliphatic heterocycles. The third-order valence-corrected chi connectivity index (χ3v) is 4.20. The van der Waals surface area contributed by atoms with Crippen LogP contribution < -0.4 is 14.8 Å². The van der Waals surface area contributed by atoms with Gasteiger partial charge in [0.1, 0.15) is 18.1 Å². The monoisotopic (exact) mass is 412 g/mol. The average Bonchev–Trinajstić information content (AvgIpc) is 3.32. The summed E-state index contributed by atoms with van der Waals surface area (Å²) < 4.78 is 20.9. The maximum Gasteiger partial charge on any atom is 0.373 e. The van der Waals surface area contributed by atoms with Gasteiger partial charge in [0, 0.05) is 5.56 Å². The van der Waals surface area contributed by atoms with Crippen molar-refractivity contribution in [1.82, 2.24) is 10.2 Å². The molecule has 0 unspecified atom stereocenters. The van der Waals surface area contributed by atoms with Crippen LogP contribution in [0.5, 0.6) is 11.5 Å². The van der Waals surface area contributed by atoms with Crippen LogP contribution in [0.25, 0.3) is 6.08 Å². The maximum atomic E-state index is 12.8. The first-order chi connectivity index (χ1) is 14.5. The van der Waals surface area contributed by atoms with Crippen LogP contribution in [0.3, 0.4) is 0 Å². The van der Waals surface area contributed by atoms with Crippen molar-refractivity contribution in [1.29, 1.82) is 0 Å². The fourth-order valence-electron chi connectivity index (χ4n) is 2.80. The number of amides is 3. The molecule has 3 rings (SSSR count). The van der Waals surface area contributed by atoms with E-state index in [2.05, 4.69) is 16.6 Å². The van der Waals surface area contributed by atoms with Crippen molar-refractivity contribution < 1.29 is 33.0 Å². The summed E-state index contributed by atoms with van der Waals surface area (Å²) in [6.07, 6.45) is 3.09. The van der Waals surface area contributed by atoms with Crippen molar-refractivity contribution in [2.24, 2.45) is 0 Å². The number of esters is 1. The second-order valence-electron chi connectivity index (χ2n) is 6.12. The van der Waals surface area contributed by atoms with Crippen molar-refractivity contribution in [3.8, 4) is 11.5 Å². The molecule has 0 saturated carbocycles. The highest BCUT2D eigenvalue weighted by atomic mass is 16.5. The van der Waals surface area contributed by atoms with E-state index < -0.39 is 17.9 Å². The predicted molar refractivity (Wildman–Crippen MR) is 106 cm³/mol. The molecule has 1 saturated heterocycles. The fourth-order valence-corrected chi connectivity index (χ4v) is 2.80. The summed E-state index contributed by atoms with van der Waals surface area (Å²) in [6, 6.07) is 7.48. The van der Waals surface area contributed by atoms with Crippen LogP contribution in [0.15, 0.2) is 53.1 Å². The Balaban J connectivity index is 1.84. The number of furan rings is 1. The van der Waals surface area contributed by atoms with Gasteiger partial charge in [-0.2, -0.15) is 0 Å². The number of hydrogen-bond donors (Lipinski definition) is 1. The number of carbonyl (C=O) groups is 3. The standard InChI is InChI=1S/C21H20N2O7/c1-4-10-29-18-13(6-5-7-16(18)27-2)11-15-19(24)23(21(26)22-15)12-14-8-9-17(30-14)20(25)28-3/h4-9,11H,1,10,12H2,2-3H3,(H,22,26)/b15-11-. The second-order valence-corrected chi connectivity index (χ2v) is 6.12. The van der Waals surface area contributed by atoms with Crippen molar-refractivity contribution in [3.05, 3.63) is 65.8 Å². The van der Waals surface area contributed by atoms with Gasteiger partial charge in [0.25, 0.3) is 5.91 Å². The quantitative estimate of drug-likeness (QED) is 0.307. The molecule has 156 valence electrons. The van der Waals surface area contributed by atoms with Crippen LogP contribution in [0, 0.1) is 0 Å². The Labute approximate surface area is 172 Å². The summed E-state index contributed by atoms with van der Waals surface area (Å²) in [6.45, 7) is 3.72. The minimum atomic E-state index is -0.649. The Morgan fingerprint density at radius 1 is 1.23 bits per heavy atom. The molecule has 0 radical (unpaired) electrons. The SMILES string of the molecule is C=CCOc1c(/C=C2\NC(=O)N(Cc3ccc(C(=O)OC)o3)C2=O)cccc1OC. The highest BCUT2D eigenvalue weighted by molar-refractivity contribution is 6.14. The lowest BCUT2D eigenvalue weighted by molar-refractivity contribution is -0.123. The van der Waals surface area contributed by atoms with E-state index in [-0.39, 0.29) is 30.4 Å². The van der Waals surface area contributed by atoms with Gasteiger partial charge in [-0.3, -0.25) is 9.69 Å². The Hall–Kier alpha value is -4.01. The third kappa shape index (κ3) is 4.19. The van der Waals surface area contributed by atoms with E-state index in [4.69, 9.17) is 13.9 Å². The van der Waals surface area contributed by atoms with Crippen LogP contribution >= 0.6 is 0 Å². The van der Waals surface area contributed by atoms with E-state index in [0.717, 1.165) is 4.90 Å². The highest BCUT2D eigenvalue weighted by Gasteiger charge is 2.34. The number of imide groups is 1. The minimum absolute atomic E-state index is 0.0179. The molecule has 0 aliphatic carbocycles. The van der Waals surface area contributed by atoms with Crippen molar-refractivity contribution in [2.45, 2.75) is 6.54 Å². The first kappa shape index (κ1) is 20.7. The molecule has 1 aromatic carbocycles. The minimum Gasteiger partial charge on any atom is -0.493 e. The number of methoxy groups -OCH3 is 2. The lowest BCUT2D eigenvalue weighted by atomic mass is 10.1. The molecule has 0 atom stereocenters. The zero-order valence-electron chi connectivity index (χ0n) is 16.5. The van der Waals surface area contributed by atoms with Crippen LogP contribution in [0.2, 0.25) is 0 Å². The Morgan fingerprint density at radius 2 is 2.03 bits per heavy atom. The van der Waals surface area contributed by atoms with Crippen molar-refractivity contribution in [2.75, 3.05) is 20.8 Å². The van der Waals surface area contributed by atoms with Gasteiger partial charge >= 0.3 is 12.0 Å². The number of nitrogens with zero attached hydrogens (tertiary/aromatic N) is 1. The number of para-hydroxylation sites is 1. The zero-order valence-corrected chi connectivity index (χ0v) is 16.5. The van der Waals surface area contributed by atoms with Gasteiger partial charge in [0.15, 0.2) is 11.5 Å². The molecule has 1 N–H and O–H groups in total. The largest absolute Gasteiger partial charge is 0.493 e. The molecule has 9 nitrogen and oxygen atoms in total. The number of carbonyl (C=O) groups excluding carboxylic acids is 3. The van der Waals surface area contributed by atoms with E-state index in [1.54, 1.807) is 24.3 Å². The lowest BCUT2D eigenvalue weighted by Crippen LogP contribution is -2.30. The normalized spacial score (nSPS) is 14.6. The summed E-state index contributed by atoms with van der Waals surface area (Å²) in [7, 11) is 2.73. The third-order valence-electron chi connectivity index (χ3n) is 4.20. The van der Waals surface area contributed by atoms with Gasteiger partial charge < -0.3 is 23.9 Å². The maximum absolute atomic E-state index is 12.8. The number of ether oxygens (including phenoxy) is 3. The molecular formula is C21H20N2O7. The molecule has 1 aromatic heterocycles. The smallest absolute Gasteiger partial charge is 0.373 e. The predicted octanol–water partition coefficient (Wildman–Crippen LogP) is 2.73. The van der Waals surface area contributed by atoms with Gasteiger partial charge in [0.2, 0.25) is 5.76 Å². The molecule has 1 fully saturated rings. The van der Waals surface area contributed by atoms with Gasteiger partial charge in [0.05, 0.1) is 20.8 Å². The Morgan fingerprint density at radius 3 is 2.73 bits per heavy atom. The molecule has 1 aliphatic rings. The van der Waals surface area contributed by atoms with Gasteiger partial charge in [-0.15, -0.1) is 0 Å². The second kappa shape index (κ2) is 8.99. The Kier molecular flexibility index (Phi) is 6.21.